The van der Waals surface area contributed by atoms with Crippen molar-refractivity contribution in [2.45, 2.75) is 19.8 Å². The van der Waals surface area contributed by atoms with Gasteiger partial charge in [0.15, 0.2) is 0 Å². The van der Waals surface area contributed by atoms with Gasteiger partial charge in [0.1, 0.15) is 0 Å². The molecule has 5 heteroatoms. The summed E-state index contributed by atoms with van der Waals surface area (Å²) in [6.07, 6.45) is 1.38. The molecular weight excluding hydrogens is 220 g/mol. The minimum absolute atomic E-state index is 0.141. The van der Waals surface area contributed by atoms with Crippen molar-refractivity contribution in [1.29, 1.82) is 0 Å². The van der Waals surface area contributed by atoms with Crippen molar-refractivity contribution in [3.63, 3.8) is 0 Å². The summed E-state index contributed by atoms with van der Waals surface area (Å²) in [5.74, 6) is 0.143. The highest BCUT2D eigenvalue weighted by Gasteiger charge is 2.09. The molecule has 0 aromatic carbocycles. The third-order valence-corrected chi connectivity index (χ3v) is 3.52. The highest BCUT2D eigenvalue weighted by atomic mass is 32.2. The quantitative estimate of drug-likeness (QED) is 0.795. The Morgan fingerprint density at radius 2 is 2.29 bits per heavy atom. The fourth-order valence-corrected chi connectivity index (χ4v) is 2.65. The van der Waals surface area contributed by atoms with Gasteiger partial charge in [0.25, 0.3) is 10.1 Å². The smallest absolute Gasteiger partial charge is 0.264 e. The minimum Gasteiger partial charge on any atom is -0.286 e. The molecule has 0 aliphatic rings. The molecule has 0 saturated heterocycles. The van der Waals surface area contributed by atoms with Gasteiger partial charge < -0.3 is 0 Å². The van der Waals surface area contributed by atoms with Crippen LogP contribution in [0.15, 0.2) is 16.8 Å². The Bertz CT molecular complexity index is 353. The molecule has 14 heavy (non-hydrogen) atoms. The van der Waals surface area contributed by atoms with E-state index >= 15 is 0 Å². The Morgan fingerprint density at radius 1 is 1.57 bits per heavy atom. The Hall–Kier alpha value is -0.390. The zero-order valence-corrected chi connectivity index (χ0v) is 9.64. The topological polar surface area (TPSA) is 54.4 Å². The van der Waals surface area contributed by atoms with E-state index in [-0.39, 0.29) is 11.7 Å². The van der Waals surface area contributed by atoms with E-state index in [1.54, 1.807) is 11.3 Å². The highest BCUT2D eigenvalue weighted by molar-refractivity contribution is 7.85. The standard InChI is InChI=1S/C9H14O3S2/c1-8(3-5-14(10,11)12)6-9-2-4-13-7-9/h2,4,7-8H,3,5-6H2,1H3,(H,10,11,12). The second kappa shape index (κ2) is 4.91. The zero-order chi connectivity index (χ0) is 10.6. The second-order valence-corrected chi connectivity index (χ2v) is 5.87. The minimum atomic E-state index is -3.80. The largest absolute Gasteiger partial charge is 0.286 e. The van der Waals surface area contributed by atoms with Crippen molar-refractivity contribution in [3.05, 3.63) is 22.4 Å². The Kier molecular flexibility index (Phi) is 4.10. The summed E-state index contributed by atoms with van der Waals surface area (Å²) in [4.78, 5) is 0. The van der Waals surface area contributed by atoms with Crippen LogP contribution in [0.1, 0.15) is 18.9 Å². The van der Waals surface area contributed by atoms with E-state index in [9.17, 15) is 8.42 Å². The van der Waals surface area contributed by atoms with Gasteiger partial charge in [-0.1, -0.05) is 6.92 Å². The number of rotatable bonds is 5. The summed E-state index contributed by atoms with van der Waals surface area (Å²) < 4.78 is 29.6. The molecule has 0 aliphatic heterocycles. The summed E-state index contributed by atoms with van der Waals surface area (Å²) in [7, 11) is -3.80. The SMILES string of the molecule is CC(CCS(=O)(=O)O)Cc1ccsc1. The van der Waals surface area contributed by atoms with Gasteiger partial charge in [0, 0.05) is 0 Å². The first-order valence-corrected chi connectivity index (χ1v) is 6.99. The predicted molar refractivity (Wildman–Crippen MR) is 58.2 cm³/mol. The van der Waals surface area contributed by atoms with Crippen LogP contribution in [-0.4, -0.2) is 18.7 Å². The average molecular weight is 234 g/mol. The summed E-state index contributed by atoms with van der Waals surface area (Å²) in [6.45, 7) is 1.99. The van der Waals surface area contributed by atoms with Crippen LogP contribution >= 0.6 is 11.3 Å². The van der Waals surface area contributed by atoms with E-state index in [1.807, 2.05) is 18.4 Å². The molecule has 0 spiro atoms. The maximum absolute atomic E-state index is 10.5. The monoisotopic (exact) mass is 234 g/mol. The van der Waals surface area contributed by atoms with E-state index in [0.29, 0.717) is 6.42 Å². The van der Waals surface area contributed by atoms with Gasteiger partial charge in [-0.3, -0.25) is 4.55 Å². The lowest BCUT2D eigenvalue weighted by molar-refractivity contribution is 0.469. The molecule has 1 aromatic heterocycles. The summed E-state index contributed by atoms with van der Waals surface area (Å²) in [5.41, 5.74) is 1.23. The fourth-order valence-electron chi connectivity index (χ4n) is 1.26. The van der Waals surface area contributed by atoms with Crippen molar-refractivity contribution in [2.75, 3.05) is 5.75 Å². The Morgan fingerprint density at radius 3 is 2.79 bits per heavy atom. The van der Waals surface area contributed by atoms with Crippen LogP contribution in [0.25, 0.3) is 0 Å². The van der Waals surface area contributed by atoms with Crippen molar-refractivity contribution >= 4 is 21.5 Å². The zero-order valence-electron chi connectivity index (χ0n) is 8.01. The van der Waals surface area contributed by atoms with E-state index in [1.165, 1.54) is 5.56 Å². The van der Waals surface area contributed by atoms with Crippen LogP contribution < -0.4 is 0 Å². The van der Waals surface area contributed by atoms with Crippen LogP contribution in [0.4, 0.5) is 0 Å². The fraction of sp³-hybridized carbons (Fsp3) is 0.556. The van der Waals surface area contributed by atoms with Gasteiger partial charge in [-0.15, -0.1) is 0 Å². The van der Waals surface area contributed by atoms with Gasteiger partial charge in [0.05, 0.1) is 5.75 Å². The molecule has 1 unspecified atom stereocenters. The van der Waals surface area contributed by atoms with E-state index < -0.39 is 10.1 Å². The number of hydrogen-bond donors (Lipinski definition) is 1. The molecule has 0 amide bonds. The van der Waals surface area contributed by atoms with Gasteiger partial charge in [-0.05, 0) is 41.1 Å². The second-order valence-electron chi connectivity index (χ2n) is 3.52. The van der Waals surface area contributed by atoms with Crippen molar-refractivity contribution in [3.8, 4) is 0 Å². The lowest BCUT2D eigenvalue weighted by atomic mass is 10.0. The van der Waals surface area contributed by atoms with Crippen molar-refractivity contribution in [2.24, 2.45) is 5.92 Å². The lowest BCUT2D eigenvalue weighted by Crippen LogP contribution is -2.09. The predicted octanol–water partition coefficient (Wildman–Crippen LogP) is 2.20. The van der Waals surface area contributed by atoms with Crippen LogP contribution in [0, 0.1) is 5.92 Å². The first-order valence-electron chi connectivity index (χ1n) is 4.43. The van der Waals surface area contributed by atoms with E-state index in [2.05, 4.69) is 5.38 Å². The first-order chi connectivity index (χ1) is 6.47. The van der Waals surface area contributed by atoms with Crippen LogP contribution in [0.5, 0.6) is 0 Å². The molecule has 0 radical (unpaired) electrons. The molecule has 1 rings (SSSR count). The van der Waals surface area contributed by atoms with Crippen LogP contribution in [0.2, 0.25) is 0 Å². The van der Waals surface area contributed by atoms with Gasteiger partial charge in [-0.2, -0.15) is 19.8 Å². The molecule has 1 heterocycles. The molecule has 1 aromatic rings. The van der Waals surface area contributed by atoms with Crippen LogP contribution in [-0.2, 0) is 16.5 Å². The third kappa shape index (κ3) is 4.74. The van der Waals surface area contributed by atoms with Crippen LogP contribution in [0.3, 0.4) is 0 Å². The Labute approximate surface area is 88.5 Å². The summed E-state index contributed by atoms with van der Waals surface area (Å²) in [5, 5.41) is 4.06. The molecule has 0 bridgehead atoms. The molecule has 3 nitrogen and oxygen atoms in total. The number of hydrogen-bond acceptors (Lipinski definition) is 3. The van der Waals surface area contributed by atoms with E-state index in [4.69, 9.17) is 4.55 Å². The van der Waals surface area contributed by atoms with Gasteiger partial charge in [0.2, 0.25) is 0 Å². The maximum atomic E-state index is 10.5. The maximum Gasteiger partial charge on any atom is 0.264 e. The molecule has 0 aliphatic carbocycles. The lowest BCUT2D eigenvalue weighted by Gasteiger charge is -2.08. The van der Waals surface area contributed by atoms with E-state index in [0.717, 1.165) is 6.42 Å². The van der Waals surface area contributed by atoms with Gasteiger partial charge in [-0.25, -0.2) is 0 Å². The Balaban J connectivity index is 2.33. The van der Waals surface area contributed by atoms with Gasteiger partial charge >= 0.3 is 0 Å². The summed E-state index contributed by atoms with van der Waals surface area (Å²) in [6, 6.07) is 2.04. The van der Waals surface area contributed by atoms with Crippen molar-refractivity contribution < 1.29 is 13.0 Å². The average Bonchev–Trinajstić information content (AvgIpc) is 2.52. The normalized spacial score (nSPS) is 14.1. The highest BCUT2D eigenvalue weighted by Crippen LogP contribution is 2.14. The summed E-state index contributed by atoms with van der Waals surface area (Å²) >= 11 is 1.64. The first kappa shape index (κ1) is 11.7. The third-order valence-electron chi connectivity index (χ3n) is 2.03. The molecule has 1 N–H and O–H groups in total. The molecular formula is C9H14O3S2. The molecule has 0 fully saturated rings. The van der Waals surface area contributed by atoms with Crippen molar-refractivity contribution in [1.82, 2.24) is 0 Å². The molecule has 0 saturated carbocycles. The molecule has 1 atom stereocenters. The number of thiophene rings is 1. The molecule has 80 valence electrons.